The Bertz CT molecular complexity index is 539. The molecule has 4 nitrogen and oxygen atoms in total. The van der Waals surface area contributed by atoms with Crippen LogP contribution in [0.1, 0.15) is 32.8 Å². The maximum Gasteiger partial charge on any atom is 0.163 e. The molecule has 0 radical (unpaired) electrons. The molecule has 1 aromatic carbocycles. The van der Waals surface area contributed by atoms with E-state index >= 15 is 0 Å². The summed E-state index contributed by atoms with van der Waals surface area (Å²) in [7, 11) is 0. The number of aliphatic hydroxyl groups excluding tert-OH is 1. The Balaban J connectivity index is 2.58. The van der Waals surface area contributed by atoms with E-state index in [1.54, 1.807) is 0 Å². The van der Waals surface area contributed by atoms with Crippen LogP contribution in [-0.4, -0.2) is 29.5 Å². The second-order valence-electron chi connectivity index (χ2n) is 5.00. The average Bonchev–Trinajstić information content (AvgIpc) is 2.78. The van der Waals surface area contributed by atoms with Crippen molar-refractivity contribution in [2.24, 2.45) is 0 Å². The van der Waals surface area contributed by atoms with Gasteiger partial charge >= 0.3 is 0 Å². The maximum atomic E-state index is 9.25. The summed E-state index contributed by atoms with van der Waals surface area (Å²) in [4.78, 5) is 0. The second kappa shape index (κ2) is 7.36. The highest BCUT2D eigenvalue weighted by Crippen LogP contribution is 2.35. The van der Waals surface area contributed by atoms with E-state index in [1.165, 1.54) is 10.9 Å². The topological polar surface area (TPSA) is 43.6 Å². The lowest BCUT2D eigenvalue weighted by Gasteiger charge is -2.12. The van der Waals surface area contributed by atoms with Gasteiger partial charge in [0.1, 0.15) is 0 Å². The van der Waals surface area contributed by atoms with Crippen molar-refractivity contribution in [1.82, 2.24) is 4.57 Å². The van der Waals surface area contributed by atoms with Crippen molar-refractivity contribution in [3.63, 3.8) is 0 Å². The van der Waals surface area contributed by atoms with E-state index < -0.39 is 0 Å². The largest absolute Gasteiger partial charge is 0.490 e. The third-order valence-electron chi connectivity index (χ3n) is 3.49. The molecule has 0 saturated carbocycles. The molecule has 116 valence electrons. The monoisotopic (exact) mass is 291 g/mol. The molecule has 4 heteroatoms. The number of hydrogen-bond donors (Lipinski definition) is 1. The van der Waals surface area contributed by atoms with E-state index in [4.69, 9.17) is 9.47 Å². The summed E-state index contributed by atoms with van der Waals surface area (Å²) in [6, 6.07) is 4.10. The first-order valence-corrected chi connectivity index (χ1v) is 7.77. The van der Waals surface area contributed by atoms with Crippen LogP contribution in [0.3, 0.4) is 0 Å². The molecule has 1 heterocycles. The van der Waals surface area contributed by atoms with Crippen molar-refractivity contribution >= 4 is 10.9 Å². The summed E-state index contributed by atoms with van der Waals surface area (Å²) >= 11 is 0. The van der Waals surface area contributed by atoms with Gasteiger partial charge in [0.25, 0.3) is 0 Å². The number of fused-ring (bicyclic) bond motifs is 1. The summed E-state index contributed by atoms with van der Waals surface area (Å²) in [5.74, 6) is 1.57. The molecule has 1 aromatic heterocycles. The van der Waals surface area contributed by atoms with Crippen LogP contribution in [0.15, 0.2) is 18.3 Å². The highest BCUT2D eigenvalue weighted by molar-refractivity contribution is 5.87. The fourth-order valence-electron chi connectivity index (χ4n) is 2.67. The van der Waals surface area contributed by atoms with Gasteiger partial charge in [-0.05, 0) is 31.9 Å². The molecule has 0 aliphatic rings. The lowest BCUT2D eigenvalue weighted by molar-refractivity contribution is 0.277. The lowest BCUT2D eigenvalue weighted by Crippen LogP contribution is -2.02. The summed E-state index contributed by atoms with van der Waals surface area (Å²) in [6.07, 6.45) is 4.25. The van der Waals surface area contributed by atoms with Gasteiger partial charge in [0.15, 0.2) is 11.5 Å². The third kappa shape index (κ3) is 3.32. The number of rotatable bonds is 8. The Morgan fingerprint density at radius 3 is 2.29 bits per heavy atom. The molecular formula is C17H25NO3. The van der Waals surface area contributed by atoms with Gasteiger partial charge in [0, 0.05) is 24.2 Å². The van der Waals surface area contributed by atoms with E-state index in [1.807, 2.05) is 19.9 Å². The number of nitrogens with zero attached hydrogens (tertiary/aromatic N) is 1. The van der Waals surface area contributed by atoms with E-state index in [9.17, 15) is 5.11 Å². The highest BCUT2D eigenvalue weighted by Gasteiger charge is 2.14. The van der Waals surface area contributed by atoms with Gasteiger partial charge in [0.05, 0.1) is 25.3 Å². The first-order chi connectivity index (χ1) is 10.2. The number of aromatic nitrogens is 1. The number of benzene rings is 1. The molecule has 0 aliphatic heterocycles. The summed E-state index contributed by atoms with van der Waals surface area (Å²) in [5, 5.41) is 10.4. The third-order valence-corrected chi connectivity index (χ3v) is 3.49. The molecule has 0 bridgehead atoms. The Hall–Kier alpha value is -1.68. The van der Waals surface area contributed by atoms with Crippen LogP contribution in [0.25, 0.3) is 10.9 Å². The van der Waals surface area contributed by atoms with Crippen molar-refractivity contribution < 1.29 is 14.6 Å². The number of aryl methyl sites for hydroxylation is 1. The molecule has 1 N–H and O–H groups in total. The Kier molecular flexibility index (Phi) is 5.51. The SMILES string of the molecule is CCCc1cn(CCO)c2cc(OCC)c(OCC)cc12. The van der Waals surface area contributed by atoms with Crippen LogP contribution in [0.4, 0.5) is 0 Å². The molecule has 21 heavy (non-hydrogen) atoms. The molecule has 0 spiro atoms. The van der Waals surface area contributed by atoms with Gasteiger partial charge in [-0.1, -0.05) is 13.3 Å². The molecule has 0 atom stereocenters. The van der Waals surface area contributed by atoms with Gasteiger partial charge in [-0.2, -0.15) is 0 Å². The molecule has 0 amide bonds. The van der Waals surface area contributed by atoms with E-state index in [2.05, 4.69) is 23.8 Å². The molecular weight excluding hydrogens is 266 g/mol. The van der Waals surface area contributed by atoms with Crippen molar-refractivity contribution in [3.05, 3.63) is 23.9 Å². The van der Waals surface area contributed by atoms with Crippen LogP contribution in [0.5, 0.6) is 11.5 Å². The molecule has 0 fully saturated rings. The quantitative estimate of drug-likeness (QED) is 0.811. The van der Waals surface area contributed by atoms with Gasteiger partial charge in [-0.15, -0.1) is 0 Å². The van der Waals surface area contributed by atoms with Gasteiger partial charge < -0.3 is 19.1 Å². The second-order valence-corrected chi connectivity index (χ2v) is 5.00. The smallest absolute Gasteiger partial charge is 0.163 e. The van der Waals surface area contributed by atoms with Gasteiger partial charge in [-0.25, -0.2) is 0 Å². The molecule has 0 unspecified atom stereocenters. The van der Waals surface area contributed by atoms with E-state index in [0.717, 1.165) is 29.9 Å². The maximum absolute atomic E-state index is 9.25. The minimum Gasteiger partial charge on any atom is -0.490 e. The van der Waals surface area contributed by atoms with Crippen LogP contribution in [0, 0.1) is 0 Å². The minimum atomic E-state index is 0.131. The fourth-order valence-corrected chi connectivity index (χ4v) is 2.67. The molecule has 0 saturated heterocycles. The number of hydrogen-bond acceptors (Lipinski definition) is 3. The Morgan fingerprint density at radius 1 is 1.05 bits per heavy atom. The van der Waals surface area contributed by atoms with Gasteiger partial charge in [-0.3, -0.25) is 0 Å². The molecule has 0 aliphatic carbocycles. The van der Waals surface area contributed by atoms with Crippen LogP contribution < -0.4 is 9.47 Å². The van der Waals surface area contributed by atoms with Crippen molar-refractivity contribution in [2.45, 2.75) is 40.2 Å². The summed E-state index contributed by atoms with van der Waals surface area (Å²) in [5.41, 5.74) is 2.39. The Labute approximate surface area is 126 Å². The van der Waals surface area contributed by atoms with E-state index in [-0.39, 0.29) is 6.61 Å². The van der Waals surface area contributed by atoms with Crippen LogP contribution in [0.2, 0.25) is 0 Å². The summed E-state index contributed by atoms with van der Waals surface area (Å²) < 4.78 is 13.5. The van der Waals surface area contributed by atoms with Crippen LogP contribution in [-0.2, 0) is 13.0 Å². The first kappa shape index (κ1) is 15.7. The predicted octanol–water partition coefficient (Wildman–Crippen LogP) is 3.38. The highest BCUT2D eigenvalue weighted by atomic mass is 16.5. The number of aliphatic hydroxyl groups is 1. The normalized spacial score (nSPS) is 11.0. The van der Waals surface area contributed by atoms with E-state index in [0.29, 0.717) is 19.8 Å². The zero-order valence-electron chi connectivity index (χ0n) is 13.2. The van der Waals surface area contributed by atoms with Crippen molar-refractivity contribution in [3.8, 4) is 11.5 Å². The standard InChI is InChI=1S/C17H25NO3/c1-4-7-13-12-18(8-9-19)15-11-17(21-6-3)16(20-5-2)10-14(13)15/h10-12,19H,4-9H2,1-3H3. The van der Waals surface area contributed by atoms with Crippen molar-refractivity contribution in [1.29, 1.82) is 0 Å². The first-order valence-electron chi connectivity index (χ1n) is 7.77. The van der Waals surface area contributed by atoms with Crippen molar-refractivity contribution in [2.75, 3.05) is 19.8 Å². The molecule has 2 rings (SSSR count). The Morgan fingerprint density at radius 2 is 1.71 bits per heavy atom. The zero-order valence-corrected chi connectivity index (χ0v) is 13.2. The van der Waals surface area contributed by atoms with Gasteiger partial charge in [0.2, 0.25) is 0 Å². The minimum absolute atomic E-state index is 0.131. The lowest BCUT2D eigenvalue weighted by atomic mass is 10.1. The number of ether oxygens (including phenoxy) is 2. The molecule has 2 aromatic rings. The zero-order chi connectivity index (χ0) is 15.2. The summed E-state index contributed by atoms with van der Waals surface area (Å²) in [6.45, 7) is 8.07. The predicted molar refractivity (Wildman–Crippen MR) is 85.4 cm³/mol. The van der Waals surface area contributed by atoms with Crippen LogP contribution >= 0.6 is 0 Å². The fraction of sp³-hybridized carbons (Fsp3) is 0.529. The average molecular weight is 291 g/mol.